The van der Waals surface area contributed by atoms with Crippen LogP contribution in [0.5, 0.6) is 5.75 Å². The van der Waals surface area contributed by atoms with Crippen LogP contribution >= 0.6 is 11.3 Å². The minimum absolute atomic E-state index is 0.00596. The van der Waals surface area contributed by atoms with Gasteiger partial charge in [-0.05, 0) is 128 Å². The number of aldehydes is 1. The van der Waals surface area contributed by atoms with Crippen molar-refractivity contribution in [1.29, 1.82) is 0 Å². The fourth-order valence-corrected chi connectivity index (χ4v) is 11.5. The number of rotatable bonds is 17. The molecule has 3 aliphatic rings. The Morgan fingerprint density at radius 1 is 1.05 bits per heavy atom. The zero-order valence-corrected chi connectivity index (χ0v) is 37.0. The molecule has 6 atom stereocenters. The van der Waals surface area contributed by atoms with E-state index in [1.54, 1.807) is 12.0 Å². The molecule has 4 aromatic rings. The van der Waals surface area contributed by atoms with Crippen molar-refractivity contribution in [2.24, 2.45) is 28.9 Å². The highest BCUT2D eigenvalue weighted by molar-refractivity contribution is 7.17. The Morgan fingerprint density at radius 2 is 1.78 bits per heavy atom. The third-order valence-corrected chi connectivity index (χ3v) is 13.8. The summed E-state index contributed by atoms with van der Waals surface area (Å²) in [4.78, 5) is 47.0. The number of aromatic nitrogens is 2. The van der Waals surface area contributed by atoms with E-state index in [4.69, 9.17) is 14.9 Å². The molecular formula is C47H62N6O6S. The average molecular weight is 839 g/mol. The number of amides is 2. The van der Waals surface area contributed by atoms with Crippen LogP contribution < -0.4 is 15.8 Å². The van der Waals surface area contributed by atoms with E-state index in [1.165, 1.54) is 22.5 Å². The van der Waals surface area contributed by atoms with Gasteiger partial charge in [0.05, 0.1) is 18.0 Å². The van der Waals surface area contributed by atoms with Crippen molar-refractivity contribution in [2.45, 2.75) is 123 Å². The van der Waals surface area contributed by atoms with E-state index >= 15 is 0 Å². The molecule has 12 nitrogen and oxygen atoms in total. The van der Waals surface area contributed by atoms with Crippen LogP contribution in [0.4, 0.5) is 0 Å². The maximum absolute atomic E-state index is 14.6. The summed E-state index contributed by atoms with van der Waals surface area (Å²) in [5.41, 5.74) is 9.96. The number of aryl methyl sites for hydroxylation is 2. The Morgan fingerprint density at radius 3 is 2.47 bits per heavy atom. The van der Waals surface area contributed by atoms with Gasteiger partial charge in [0, 0.05) is 35.6 Å². The zero-order valence-electron chi connectivity index (χ0n) is 36.1. The Labute approximate surface area is 358 Å². The summed E-state index contributed by atoms with van der Waals surface area (Å²) >= 11 is 1.53. The van der Waals surface area contributed by atoms with E-state index in [-0.39, 0.29) is 59.5 Å². The van der Waals surface area contributed by atoms with Crippen LogP contribution in [0.1, 0.15) is 113 Å². The van der Waals surface area contributed by atoms with Crippen LogP contribution in [0.3, 0.4) is 0 Å². The number of methoxy groups -OCH3 is 1. The van der Waals surface area contributed by atoms with Crippen molar-refractivity contribution in [3.05, 3.63) is 76.5 Å². The van der Waals surface area contributed by atoms with Crippen molar-refractivity contribution in [2.75, 3.05) is 20.2 Å². The van der Waals surface area contributed by atoms with Crippen LogP contribution in [0.25, 0.3) is 21.9 Å². The first-order valence-electron chi connectivity index (χ1n) is 21.6. The van der Waals surface area contributed by atoms with Crippen LogP contribution in [-0.4, -0.2) is 87.1 Å². The summed E-state index contributed by atoms with van der Waals surface area (Å²) in [6.45, 7) is 13.5. The Balaban J connectivity index is 1.04. The molecule has 1 aliphatic heterocycles. The number of benzene rings is 2. The molecule has 7 rings (SSSR count). The molecule has 4 N–H and O–H groups in total. The maximum atomic E-state index is 14.6. The van der Waals surface area contributed by atoms with Gasteiger partial charge < -0.3 is 35.0 Å². The van der Waals surface area contributed by atoms with Gasteiger partial charge in [-0.15, -0.1) is 21.5 Å². The number of nitrogens with zero attached hydrogens (tertiary/aromatic N) is 4. The lowest BCUT2D eigenvalue weighted by atomic mass is 9.57. The molecule has 0 radical (unpaired) electrons. The van der Waals surface area contributed by atoms with Gasteiger partial charge in [-0.1, -0.05) is 59.7 Å². The number of nitrogens with one attached hydrogen (secondary N) is 1. The van der Waals surface area contributed by atoms with E-state index in [0.29, 0.717) is 49.4 Å². The van der Waals surface area contributed by atoms with Crippen molar-refractivity contribution < 1.29 is 28.6 Å². The lowest BCUT2D eigenvalue weighted by Crippen LogP contribution is -2.75. The summed E-state index contributed by atoms with van der Waals surface area (Å²) in [5.74, 6) is 1.55. The van der Waals surface area contributed by atoms with Crippen LogP contribution in [0.15, 0.2) is 59.0 Å². The second-order valence-electron chi connectivity index (χ2n) is 19.0. The molecule has 13 heteroatoms. The normalized spacial score (nSPS) is 20.4. The summed E-state index contributed by atoms with van der Waals surface area (Å²) < 4.78 is 11.4. The number of piperazine rings is 1. The van der Waals surface area contributed by atoms with Gasteiger partial charge in [-0.3, -0.25) is 14.5 Å². The number of ether oxygens (including phenoxy) is 1. The van der Waals surface area contributed by atoms with Crippen LogP contribution in [-0.2, 0) is 22.4 Å². The number of fused-ring (bicyclic) bond motifs is 3. The van der Waals surface area contributed by atoms with Crippen molar-refractivity contribution in [3.63, 3.8) is 0 Å². The molecule has 0 bridgehead atoms. The lowest BCUT2D eigenvalue weighted by Gasteiger charge is -2.60. The second kappa shape index (κ2) is 17.9. The lowest BCUT2D eigenvalue weighted by molar-refractivity contribution is -0.154. The fourth-order valence-electron chi connectivity index (χ4n) is 10.2. The summed E-state index contributed by atoms with van der Waals surface area (Å²) in [6, 6.07) is 16.4. The molecule has 322 valence electrons. The van der Waals surface area contributed by atoms with Crippen molar-refractivity contribution in [1.82, 2.24) is 25.3 Å². The number of aliphatic hydroxyl groups excluding tert-OH is 1. The third-order valence-electron chi connectivity index (χ3n) is 12.6. The van der Waals surface area contributed by atoms with Gasteiger partial charge in [0.1, 0.15) is 17.6 Å². The molecular weight excluding hydrogens is 777 g/mol. The number of nitrogens with two attached hydrogens (primary N) is 1. The largest absolute Gasteiger partial charge is 0.497 e. The van der Waals surface area contributed by atoms with Gasteiger partial charge in [0.15, 0.2) is 6.23 Å². The highest BCUT2D eigenvalue weighted by Gasteiger charge is 2.61. The molecule has 2 amide bonds. The Bertz CT molecular complexity index is 2140. The highest BCUT2D eigenvalue weighted by Crippen LogP contribution is 2.53. The first-order chi connectivity index (χ1) is 28.6. The SMILES string of the molecule is COc1ccc2c(c1)CCc1cc(C(=O)N3C[C@H](CC(C)CC(C)CC(C=O)N(C[C@@H](N)CC(C)C)C(O)c4nnc(-c5ccccc5)o4)NC(=O)C34CC(C)(C)C4)sc1-2. The first kappa shape index (κ1) is 43.7. The number of hydrogen-bond acceptors (Lipinski definition) is 11. The number of carbonyl (C=O) groups excluding carboxylic acids is 3. The number of thiophene rings is 1. The van der Waals surface area contributed by atoms with Crippen molar-refractivity contribution in [3.8, 4) is 27.6 Å². The van der Waals surface area contributed by atoms with Crippen molar-refractivity contribution >= 4 is 29.4 Å². The molecule has 2 aromatic carbocycles. The van der Waals surface area contributed by atoms with E-state index in [9.17, 15) is 19.5 Å². The Hall–Kier alpha value is -4.43. The van der Waals surface area contributed by atoms with E-state index < -0.39 is 17.8 Å². The average Bonchev–Trinajstić information content (AvgIpc) is 3.88. The molecule has 1 spiro atoms. The molecule has 3 heterocycles. The van der Waals surface area contributed by atoms with Crippen LogP contribution in [0, 0.1) is 23.2 Å². The topological polar surface area (TPSA) is 164 Å². The molecule has 2 aliphatic carbocycles. The molecule has 4 unspecified atom stereocenters. The summed E-state index contributed by atoms with van der Waals surface area (Å²) in [7, 11) is 1.68. The molecule has 2 aromatic heterocycles. The predicted molar refractivity (Wildman–Crippen MR) is 233 cm³/mol. The predicted octanol–water partition coefficient (Wildman–Crippen LogP) is 7.45. The van der Waals surface area contributed by atoms with Gasteiger partial charge in [0.2, 0.25) is 11.8 Å². The van der Waals surface area contributed by atoms with Gasteiger partial charge in [-0.2, -0.15) is 0 Å². The minimum Gasteiger partial charge on any atom is -0.497 e. The van der Waals surface area contributed by atoms with E-state index in [2.05, 4.69) is 75.3 Å². The van der Waals surface area contributed by atoms with Gasteiger partial charge >= 0.3 is 0 Å². The molecule has 1 saturated heterocycles. The quantitative estimate of drug-likeness (QED) is 0.0719. The monoisotopic (exact) mass is 838 g/mol. The van der Waals surface area contributed by atoms with Gasteiger partial charge in [-0.25, -0.2) is 0 Å². The van der Waals surface area contributed by atoms with Gasteiger partial charge in [0.25, 0.3) is 11.8 Å². The second-order valence-corrected chi connectivity index (χ2v) is 20.1. The zero-order chi connectivity index (χ0) is 42.9. The third kappa shape index (κ3) is 9.24. The number of aliphatic hydroxyl groups is 1. The van der Waals surface area contributed by atoms with E-state index in [1.807, 2.05) is 41.3 Å². The maximum Gasteiger partial charge on any atom is 0.264 e. The minimum atomic E-state index is -1.33. The molecule has 1 saturated carbocycles. The standard InChI is InChI=1S/C47H62N6O6S/c1-28(2)17-34(48)23-52(44(56)42-51-50-41(59-42)31-11-9-8-10-12-31)36(25-54)20-30(4)18-29(3)19-35-24-53(47(45(57)49-35)26-46(5,6)27-47)43(55)39-22-33-14-13-32-21-37(58-7)15-16-38(32)40(33)60-39/h8-12,15-16,21-22,25,28-30,34-36,44,56H,13-14,17-20,23-24,26-27,48H2,1-7H3,(H,49,57)/t29?,30?,34-,35-,36?,44?/m0/s1. The first-order valence-corrected chi connectivity index (χ1v) is 22.4. The van der Waals surface area contributed by atoms with Crippen LogP contribution in [0.2, 0.25) is 0 Å². The highest BCUT2D eigenvalue weighted by atomic mass is 32.1. The summed E-state index contributed by atoms with van der Waals surface area (Å²) in [6.07, 6.45) is 5.17. The Kier molecular flexibility index (Phi) is 13.0. The number of carbonyl (C=O) groups is 3. The fraction of sp³-hybridized carbons (Fsp3) is 0.553. The smallest absolute Gasteiger partial charge is 0.264 e. The number of hydrogen-bond donors (Lipinski definition) is 3. The molecule has 2 fully saturated rings. The summed E-state index contributed by atoms with van der Waals surface area (Å²) in [5, 5.41) is 23.3. The van der Waals surface area contributed by atoms with E-state index in [0.717, 1.165) is 47.3 Å². The molecule has 60 heavy (non-hydrogen) atoms.